The molecule has 0 fully saturated rings. The van der Waals surface area contributed by atoms with Crippen molar-refractivity contribution in [3.63, 3.8) is 0 Å². The van der Waals surface area contributed by atoms with Crippen LogP contribution in [-0.2, 0) is 6.54 Å². The summed E-state index contributed by atoms with van der Waals surface area (Å²) >= 11 is 5.93. The first kappa shape index (κ1) is 16.2. The van der Waals surface area contributed by atoms with Gasteiger partial charge in [-0.1, -0.05) is 16.8 Å². The summed E-state index contributed by atoms with van der Waals surface area (Å²) in [6.07, 6.45) is 1.66. The van der Waals surface area contributed by atoms with Crippen LogP contribution < -0.4 is 10.5 Å². The van der Waals surface area contributed by atoms with E-state index < -0.39 is 0 Å². The van der Waals surface area contributed by atoms with E-state index in [1.807, 2.05) is 38.1 Å². The molecular weight excluding hydrogens is 328 g/mol. The van der Waals surface area contributed by atoms with Crippen LogP contribution in [0.3, 0.4) is 0 Å². The van der Waals surface area contributed by atoms with Crippen LogP contribution in [0, 0.1) is 6.92 Å². The standard InChI is InChI=1S/C16H17ClN6O/c1-11-15(10-22-16(24)8-14(9-18-22)21(2)3)23(20-19-11)13-6-4-12(17)5-7-13/h4-9H,10H2,1-3H3. The number of hydrogen-bond acceptors (Lipinski definition) is 5. The van der Waals surface area contributed by atoms with E-state index in [2.05, 4.69) is 15.4 Å². The number of nitrogens with zero attached hydrogens (tertiary/aromatic N) is 6. The van der Waals surface area contributed by atoms with Crippen LogP contribution in [0.15, 0.2) is 41.3 Å². The fourth-order valence-corrected chi connectivity index (χ4v) is 2.40. The van der Waals surface area contributed by atoms with Crippen molar-refractivity contribution in [3.05, 3.63) is 63.3 Å². The topological polar surface area (TPSA) is 68.8 Å². The predicted molar refractivity (Wildman–Crippen MR) is 93.0 cm³/mol. The molecule has 0 saturated carbocycles. The van der Waals surface area contributed by atoms with Gasteiger partial charge in [0.25, 0.3) is 5.56 Å². The number of anilines is 1. The molecular formula is C16H17ClN6O. The van der Waals surface area contributed by atoms with Crippen molar-refractivity contribution in [2.75, 3.05) is 19.0 Å². The number of rotatable bonds is 4. The zero-order chi connectivity index (χ0) is 17.3. The number of benzene rings is 1. The lowest BCUT2D eigenvalue weighted by molar-refractivity contribution is 0.607. The minimum absolute atomic E-state index is 0.176. The van der Waals surface area contributed by atoms with Crippen molar-refractivity contribution in [2.24, 2.45) is 0 Å². The average Bonchev–Trinajstić information content (AvgIpc) is 2.91. The van der Waals surface area contributed by atoms with E-state index in [1.54, 1.807) is 29.1 Å². The molecule has 0 amide bonds. The highest BCUT2D eigenvalue weighted by molar-refractivity contribution is 6.30. The highest BCUT2D eigenvalue weighted by Gasteiger charge is 2.13. The molecule has 124 valence electrons. The van der Waals surface area contributed by atoms with E-state index in [0.29, 0.717) is 5.02 Å². The fraction of sp³-hybridized carbons (Fsp3) is 0.250. The lowest BCUT2D eigenvalue weighted by atomic mass is 10.3. The maximum Gasteiger partial charge on any atom is 0.269 e. The minimum Gasteiger partial charge on any atom is -0.376 e. The van der Waals surface area contributed by atoms with Gasteiger partial charge in [0.05, 0.1) is 35.5 Å². The molecule has 2 aromatic heterocycles. The molecule has 0 saturated heterocycles. The van der Waals surface area contributed by atoms with E-state index in [1.165, 1.54) is 4.68 Å². The van der Waals surface area contributed by atoms with Gasteiger partial charge in [-0.05, 0) is 31.2 Å². The first-order valence-electron chi connectivity index (χ1n) is 7.37. The number of hydrogen-bond donors (Lipinski definition) is 0. The summed E-state index contributed by atoms with van der Waals surface area (Å²) in [4.78, 5) is 14.1. The molecule has 0 radical (unpaired) electrons. The first-order valence-corrected chi connectivity index (χ1v) is 7.75. The van der Waals surface area contributed by atoms with Gasteiger partial charge in [-0.2, -0.15) is 5.10 Å². The molecule has 0 spiro atoms. The van der Waals surface area contributed by atoms with Gasteiger partial charge >= 0.3 is 0 Å². The largest absolute Gasteiger partial charge is 0.376 e. The molecule has 0 aliphatic rings. The predicted octanol–water partition coefficient (Wildman–Crippen LogP) is 1.90. The Bertz CT molecular complexity index is 913. The van der Waals surface area contributed by atoms with E-state index in [-0.39, 0.29) is 12.1 Å². The van der Waals surface area contributed by atoms with Crippen molar-refractivity contribution in [2.45, 2.75) is 13.5 Å². The summed E-state index contributed by atoms with van der Waals surface area (Å²) in [7, 11) is 3.73. The minimum atomic E-state index is -0.176. The third-order valence-corrected chi connectivity index (χ3v) is 3.95. The van der Waals surface area contributed by atoms with Crippen molar-refractivity contribution in [1.29, 1.82) is 0 Å². The Kier molecular flexibility index (Phi) is 4.35. The van der Waals surface area contributed by atoms with E-state index in [0.717, 1.165) is 22.8 Å². The van der Waals surface area contributed by atoms with Crippen LogP contribution in [-0.4, -0.2) is 38.9 Å². The SMILES string of the molecule is Cc1nnn(-c2ccc(Cl)cc2)c1Cn1ncc(N(C)C)cc1=O. The molecule has 8 heteroatoms. The highest BCUT2D eigenvalue weighted by atomic mass is 35.5. The Morgan fingerprint density at radius 3 is 2.54 bits per heavy atom. The highest BCUT2D eigenvalue weighted by Crippen LogP contribution is 2.16. The molecule has 0 aliphatic carbocycles. The molecule has 7 nitrogen and oxygen atoms in total. The molecule has 3 rings (SSSR count). The van der Waals surface area contributed by atoms with Crippen LogP contribution in [0.25, 0.3) is 5.69 Å². The maximum absolute atomic E-state index is 12.3. The summed E-state index contributed by atoms with van der Waals surface area (Å²) in [5.41, 5.74) is 2.95. The Morgan fingerprint density at radius 2 is 1.92 bits per heavy atom. The Morgan fingerprint density at radius 1 is 1.21 bits per heavy atom. The Hall–Kier alpha value is -2.67. The van der Waals surface area contributed by atoms with Crippen molar-refractivity contribution in [1.82, 2.24) is 24.8 Å². The molecule has 0 unspecified atom stereocenters. The fourth-order valence-electron chi connectivity index (χ4n) is 2.28. The molecule has 24 heavy (non-hydrogen) atoms. The van der Waals surface area contributed by atoms with Gasteiger partial charge in [0.1, 0.15) is 0 Å². The van der Waals surface area contributed by atoms with Gasteiger partial charge < -0.3 is 4.90 Å². The van der Waals surface area contributed by atoms with Crippen LogP contribution in [0.1, 0.15) is 11.4 Å². The van der Waals surface area contributed by atoms with Crippen LogP contribution >= 0.6 is 11.6 Å². The lowest BCUT2D eigenvalue weighted by Gasteiger charge is -2.13. The molecule has 1 aromatic carbocycles. The number of halogens is 1. The van der Waals surface area contributed by atoms with Gasteiger partial charge in [-0.3, -0.25) is 4.79 Å². The van der Waals surface area contributed by atoms with Crippen molar-refractivity contribution < 1.29 is 0 Å². The van der Waals surface area contributed by atoms with Crippen molar-refractivity contribution >= 4 is 17.3 Å². The monoisotopic (exact) mass is 344 g/mol. The summed E-state index contributed by atoms with van der Waals surface area (Å²) in [5.74, 6) is 0. The zero-order valence-electron chi connectivity index (χ0n) is 13.6. The smallest absolute Gasteiger partial charge is 0.269 e. The summed E-state index contributed by atoms with van der Waals surface area (Å²) in [5, 5.41) is 13.2. The zero-order valence-corrected chi connectivity index (χ0v) is 14.4. The van der Waals surface area contributed by atoms with E-state index in [9.17, 15) is 4.79 Å². The summed E-state index contributed by atoms with van der Waals surface area (Å²) < 4.78 is 3.09. The normalized spacial score (nSPS) is 10.8. The second kappa shape index (κ2) is 6.45. The summed E-state index contributed by atoms with van der Waals surface area (Å²) in [6, 6.07) is 8.83. The van der Waals surface area contributed by atoms with Crippen LogP contribution in [0.5, 0.6) is 0 Å². The third kappa shape index (κ3) is 3.16. The molecule has 0 N–H and O–H groups in total. The molecule has 2 heterocycles. The molecule has 0 aliphatic heterocycles. The lowest BCUT2D eigenvalue weighted by Crippen LogP contribution is -2.25. The molecule has 3 aromatic rings. The van der Waals surface area contributed by atoms with Gasteiger partial charge in [-0.15, -0.1) is 5.10 Å². The Labute approximate surface area is 144 Å². The number of aryl methyl sites for hydroxylation is 1. The summed E-state index contributed by atoms with van der Waals surface area (Å²) in [6.45, 7) is 2.14. The molecule has 0 bridgehead atoms. The van der Waals surface area contributed by atoms with Crippen molar-refractivity contribution in [3.8, 4) is 5.69 Å². The number of aromatic nitrogens is 5. The van der Waals surface area contributed by atoms with Gasteiger partial charge in [0.15, 0.2) is 0 Å². The van der Waals surface area contributed by atoms with Gasteiger partial charge in [0, 0.05) is 25.2 Å². The van der Waals surface area contributed by atoms with E-state index >= 15 is 0 Å². The van der Waals surface area contributed by atoms with Gasteiger partial charge in [-0.25, -0.2) is 9.36 Å². The second-order valence-electron chi connectivity index (χ2n) is 5.61. The quantitative estimate of drug-likeness (QED) is 0.723. The maximum atomic E-state index is 12.3. The Balaban J connectivity index is 1.98. The van der Waals surface area contributed by atoms with Crippen LogP contribution in [0.2, 0.25) is 5.02 Å². The second-order valence-corrected chi connectivity index (χ2v) is 6.05. The van der Waals surface area contributed by atoms with Crippen LogP contribution in [0.4, 0.5) is 5.69 Å². The average molecular weight is 345 g/mol. The third-order valence-electron chi connectivity index (χ3n) is 3.70. The van der Waals surface area contributed by atoms with Gasteiger partial charge in [0.2, 0.25) is 0 Å². The molecule has 0 atom stereocenters. The first-order chi connectivity index (χ1) is 11.5. The van der Waals surface area contributed by atoms with E-state index in [4.69, 9.17) is 11.6 Å².